The molecule has 2 rings (SSSR count). The highest BCUT2D eigenvalue weighted by molar-refractivity contribution is 7.86. The van der Waals surface area contributed by atoms with Crippen LogP contribution >= 0.6 is 11.6 Å². The van der Waals surface area contributed by atoms with Crippen molar-refractivity contribution in [2.75, 3.05) is 25.9 Å². The number of hydrogen-bond donors (Lipinski definition) is 2. The van der Waals surface area contributed by atoms with Crippen molar-refractivity contribution in [3.05, 3.63) is 17.2 Å². The van der Waals surface area contributed by atoms with Gasteiger partial charge in [-0.3, -0.25) is 4.21 Å². The second-order valence-electron chi connectivity index (χ2n) is 4.61. The number of halogens is 1. The minimum absolute atomic E-state index is 0.0337. The summed E-state index contributed by atoms with van der Waals surface area (Å²) in [5.74, 6) is -0.139. The maximum atomic E-state index is 12.5. The van der Waals surface area contributed by atoms with Crippen LogP contribution in [0.3, 0.4) is 0 Å². The lowest BCUT2D eigenvalue weighted by Crippen LogP contribution is -2.35. The molecule has 6 heteroatoms. The van der Waals surface area contributed by atoms with E-state index in [-0.39, 0.29) is 21.6 Å². The highest BCUT2D eigenvalue weighted by Crippen LogP contribution is 2.36. The molecule has 1 fully saturated rings. The van der Waals surface area contributed by atoms with Crippen LogP contribution in [0.15, 0.2) is 17.0 Å². The van der Waals surface area contributed by atoms with Gasteiger partial charge in [0.1, 0.15) is 4.90 Å². The molecule has 1 unspecified atom stereocenters. The molecule has 0 spiro atoms. The summed E-state index contributed by atoms with van der Waals surface area (Å²) in [4.78, 5) is 2.49. The molecule has 1 atom stereocenters. The van der Waals surface area contributed by atoms with Gasteiger partial charge in [-0.25, -0.2) is 0 Å². The molecule has 1 aliphatic heterocycles. The largest absolute Gasteiger partial charge is 0.505 e. The smallest absolute Gasteiger partial charge is 0.156 e. The lowest BCUT2D eigenvalue weighted by molar-refractivity contribution is 0.280. The number of piperidine rings is 1. The van der Waals surface area contributed by atoms with E-state index >= 15 is 0 Å². The Labute approximate surface area is 114 Å². The molecule has 1 heterocycles. The second kappa shape index (κ2) is 5.47. The van der Waals surface area contributed by atoms with Crippen LogP contribution in [-0.2, 0) is 10.8 Å². The maximum absolute atomic E-state index is 12.5. The summed E-state index contributed by atoms with van der Waals surface area (Å²) >= 11 is 6.03. The van der Waals surface area contributed by atoms with Crippen LogP contribution in [0.2, 0.25) is 5.02 Å². The first-order valence-electron chi connectivity index (χ1n) is 5.86. The third kappa shape index (κ3) is 2.63. The number of anilines is 1. The normalized spacial score (nSPS) is 19.9. The predicted molar refractivity (Wildman–Crippen MR) is 74.5 cm³/mol. The van der Waals surface area contributed by atoms with Gasteiger partial charge in [0, 0.05) is 5.25 Å². The minimum Gasteiger partial charge on any atom is -0.505 e. The topological polar surface area (TPSA) is 66.6 Å². The summed E-state index contributed by atoms with van der Waals surface area (Å²) in [6, 6.07) is 3.10. The van der Waals surface area contributed by atoms with Crippen molar-refractivity contribution >= 4 is 28.1 Å². The molecule has 3 N–H and O–H groups in total. The number of rotatable bonds is 2. The third-order valence-electron chi connectivity index (χ3n) is 3.28. The number of nitrogens with two attached hydrogens (primary N) is 1. The SMILES string of the molecule is CN1CCC(S(=O)c2c(Cl)ccc(N)c2O)CC1. The van der Waals surface area contributed by atoms with Crippen LogP contribution in [0.1, 0.15) is 12.8 Å². The Bertz CT molecular complexity index is 473. The molecule has 100 valence electrons. The summed E-state index contributed by atoms with van der Waals surface area (Å²) in [7, 11) is 0.739. The van der Waals surface area contributed by atoms with Crippen molar-refractivity contribution in [2.24, 2.45) is 0 Å². The fourth-order valence-corrected chi connectivity index (χ4v) is 4.04. The molecule has 4 nitrogen and oxygen atoms in total. The van der Waals surface area contributed by atoms with E-state index in [1.165, 1.54) is 6.07 Å². The Hall–Kier alpha value is -0.780. The lowest BCUT2D eigenvalue weighted by atomic mass is 10.1. The number of phenols is 1. The van der Waals surface area contributed by atoms with Crippen LogP contribution in [0.25, 0.3) is 0 Å². The summed E-state index contributed by atoms with van der Waals surface area (Å²) in [5.41, 5.74) is 5.85. The van der Waals surface area contributed by atoms with Crippen molar-refractivity contribution in [3.8, 4) is 5.75 Å². The molecule has 1 aromatic carbocycles. The van der Waals surface area contributed by atoms with Gasteiger partial charge in [0.05, 0.1) is 21.5 Å². The summed E-state index contributed by atoms with van der Waals surface area (Å²) in [6.07, 6.45) is 1.68. The number of nitrogens with zero attached hydrogens (tertiary/aromatic N) is 1. The van der Waals surface area contributed by atoms with Gasteiger partial charge in [-0.15, -0.1) is 0 Å². The van der Waals surface area contributed by atoms with Gasteiger partial charge in [0.15, 0.2) is 5.75 Å². The van der Waals surface area contributed by atoms with Gasteiger partial charge < -0.3 is 15.7 Å². The maximum Gasteiger partial charge on any atom is 0.156 e. The second-order valence-corrected chi connectivity index (χ2v) is 6.69. The molecular formula is C12H17ClN2O2S. The van der Waals surface area contributed by atoms with Crippen molar-refractivity contribution in [1.82, 2.24) is 4.90 Å². The predicted octanol–water partition coefficient (Wildman–Crippen LogP) is 1.83. The van der Waals surface area contributed by atoms with E-state index in [9.17, 15) is 9.32 Å². The number of phenolic OH excluding ortho intramolecular Hbond substituents is 1. The molecular weight excluding hydrogens is 272 g/mol. The number of likely N-dealkylation sites (tertiary alicyclic amines) is 1. The lowest BCUT2D eigenvalue weighted by Gasteiger charge is -2.28. The number of benzene rings is 1. The molecule has 0 aromatic heterocycles. The van der Waals surface area contributed by atoms with Gasteiger partial charge in [-0.1, -0.05) is 11.6 Å². The Balaban J connectivity index is 2.26. The van der Waals surface area contributed by atoms with Gasteiger partial charge in [0.25, 0.3) is 0 Å². The average Bonchev–Trinajstić information content (AvgIpc) is 2.35. The molecule has 18 heavy (non-hydrogen) atoms. The zero-order chi connectivity index (χ0) is 13.3. The van der Waals surface area contributed by atoms with E-state index in [0.717, 1.165) is 25.9 Å². The molecule has 0 saturated carbocycles. The van der Waals surface area contributed by atoms with E-state index in [1.54, 1.807) is 6.07 Å². The third-order valence-corrected chi connectivity index (χ3v) is 5.60. The van der Waals surface area contributed by atoms with Crippen LogP contribution in [-0.4, -0.2) is 39.6 Å². The van der Waals surface area contributed by atoms with Crippen LogP contribution < -0.4 is 5.73 Å². The molecule has 0 radical (unpaired) electrons. The molecule has 1 aliphatic rings. The van der Waals surface area contributed by atoms with Crippen LogP contribution in [0.4, 0.5) is 5.69 Å². The Morgan fingerprint density at radius 1 is 1.44 bits per heavy atom. The minimum atomic E-state index is -1.31. The Morgan fingerprint density at radius 3 is 2.67 bits per heavy atom. The monoisotopic (exact) mass is 288 g/mol. The Morgan fingerprint density at radius 2 is 2.06 bits per heavy atom. The summed E-state index contributed by atoms with van der Waals surface area (Å²) in [5, 5.41) is 10.3. The van der Waals surface area contributed by atoms with Crippen LogP contribution in [0.5, 0.6) is 5.75 Å². The van der Waals surface area contributed by atoms with Gasteiger partial charge in [-0.05, 0) is 45.1 Å². The molecule has 0 bridgehead atoms. The van der Waals surface area contributed by atoms with Crippen molar-refractivity contribution in [1.29, 1.82) is 0 Å². The van der Waals surface area contributed by atoms with Crippen molar-refractivity contribution in [2.45, 2.75) is 23.0 Å². The number of nitrogen functional groups attached to an aromatic ring is 1. The van der Waals surface area contributed by atoms with Gasteiger partial charge in [0.2, 0.25) is 0 Å². The molecule has 0 amide bonds. The van der Waals surface area contributed by atoms with E-state index < -0.39 is 10.8 Å². The van der Waals surface area contributed by atoms with E-state index in [0.29, 0.717) is 5.02 Å². The van der Waals surface area contributed by atoms with Crippen molar-refractivity contribution < 1.29 is 9.32 Å². The highest BCUT2D eigenvalue weighted by Gasteiger charge is 2.27. The van der Waals surface area contributed by atoms with Gasteiger partial charge in [-0.2, -0.15) is 0 Å². The first kappa shape index (κ1) is 13.6. The first-order chi connectivity index (χ1) is 8.50. The first-order valence-corrected chi connectivity index (χ1v) is 7.46. The van der Waals surface area contributed by atoms with Crippen molar-refractivity contribution in [3.63, 3.8) is 0 Å². The summed E-state index contributed by atoms with van der Waals surface area (Å²) < 4.78 is 12.5. The molecule has 1 aromatic rings. The molecule has 0 aliphatic carbocycles. The van der Waals surface area contributed by atoms with E-state index in [1.807, 2.05) is 7.05 Å². The van der Waals surface area contributed by atoms with E-state index in [4.69, 9.17) is 17.3 Å². The fourth-order valence-electron chi connectivity index (χ4n) is 2.12. The average molecular weight is 289 g/mol. The fraction of sp³-hybridized carbons (Fsp3) is 0.500. The zero-order valence-electron chi connectivity index (χ0n) is 10.2. The number of aromatic hydroxyl groups is 1. The summed E-state index contributed by atoms with van der Waals surface area (Å²) in [6.45, 7) is 1.83. The van der Waals surface area contributed by atoms with E-state index in [2.05, 4.69) is 4.90 Å². The highest BCUT2D eigenvalue weighted by atomic mass is 35.5. The molecule has 1 saturated heterocycles. The number of hydrogen-bond acceptors (Lipinski definition) is 4. The quantitative estimate of drug-likeness (QED) is 0.644. The Kier molecular flexibility index (Phi) is 4.14. The van der Waals surface area contributed by atoms with Gasteiger partial charge >= 0.3 is 0 Å². The zero-order valence-corrected chi connectivity index (χ0v) is 11.8. The van der Waals surface area contributed by atoms with Crippen LogP contribution in [0, 0.1) is 0 Å². The standard InChI is InChI=1S/C12H17ClN2O2S/c1-15-6-4-8(5-7-15)18(17)12-9(13)2-3-10(14)11(12)16/h2-3,8,16H,4-7,14H2,1H3.